The summed E-state index contributed by atoms with van der Waals surface area (Å²) in [6.45, 7) is 2.79. The van der Waals surface area contributed by atoms with E-state index >= 15 is 0 Å². The molecule has 2 aromatic rings. The summed E-state index contributed by atoms with van der Waals surface area (Å²) >= 11 is 0. The minimum Gasteiger partial charge on any atom is -0.507 e. The summed E-state index contributed by atoms with van der Waals surface area (Å²) in [5.74, 6) is -3.18. The van der Waals surface area contributed by atoms with Gasteiger partial charge >= 0.3 is 0 Å². The number of benzene rings is 2. The van der Waals surface area contributed by atoms with Gasteiger partial charge in [-0.15, -0.1) is 0 Å². The van der Waals surface area contributed by atoms with Gasteiger partial charge < -0.3 is 40.4 Å². The van der Waals surface area contributed by atoms with Gasteiger partial charge in [-0.05, 0) is 19.9 Å². The molecule has 11 heteroatoms. The number of Topliss-reactive ketones (excluding diaryl/α,β-unsaturated/α-hetero) is 1. The van der Waals surface area contributed by atoms with E-state index in [1.807, 2.05) is 0 Å². The Kier molecular flexibility index (Phi) is 6.32. The molecule has 11 nitrogen and oxygen atoms in total. The van der Waals surface area contributed by atoms with E-state index < -0.39 is 82.6 Å². The lowest BCUT2D eigenvalue weighted by molar-refractivity contribution is -0.247. The molecule has 0 saturated carbocycles. The Morgan fingerprint density at radius 1 is 1.13 bits per heavy atom. The van der Waals surface area contributed by atoms with Gasteiger partial charge in [0, 0.05) is 42.0 Å². The summed E-state index contributed by atoms with van der Waals surface area (Å²) in [5, 5.41) is 44.1. The van der Waals surface area contributed by atoms with E-state index in [-0.39, 0.29) is 40.8 Å². The van der Waals surface area contributed by atoms with E-state index in [9.17, 15) is 34.8 Å². The molecule has 0 amide bonds. The third-order valence-corrected chi connectivity index (χ3v) is 7.80. The largest absolute Gasteiger partial charge is 0.507 e. The molecule has 1 saturated heterocycles. The number of carbonyl (C=O) groups is 3. The van der Waals surface area contributed by atoms with E-state index in [1.165, 1.54) is 32.2 Å². The Bertz CT molecular complexity index is 1360. The Hall–Kier alpha value is -3.35. The number of ketones is 3. The normalized spacial score (nSPS) is 30.3. The summed E-state index contributed by atoms with van der Waals surface area (Å²) in [6, 6.07) is 3.75. The monoisotopic (exact) mass is 527 g/mol. The van der Waals surface area contributed by atoms with Crippen molar-refractivity contribution in [1.82, 2.24) is 0 Å². The quantitative estimate of drug-likeness (QED) is 0.305. The highest BCUT2D eigenvalue weighted by molar-refractivity contribution is 6.31. The van der Waals surface area contributed by atoms with Gasteiger partial charge in [-0.3, -0.25) is 14.4 Å². The number of hydrogen-bond acceptors (Lipinski definition) is 11. The first kappa shape index (κ1) is 26.3. The molecule has 0 spiro atoms. The molecule has 6 N–H and O–H groups in total. The minimum absolute atomic E-state index is 0.0147. The third-order valence-electron chi connectivity index (χ3n) is 7.80. The molecular weight excluding hydrogens is 498 g/mol. The van der Waals surface area contributed by atoms with Crippen LogP contribution in [0, 0.1) is 0 Å². The fourth-order valence-corrected chi connectivity index (χ4v) is 5.66. The molecule has 3 aliphatic rings. The molecule has 202 valence electrons. The van der Waals surface area contributed by atoms with Crippen LogP contribution in [0.3, 0.4) is 0 Å². The Morgan fingerprint density at radius 2 is 1.82 bits per heavy atom. The molecule has 2 aliphatic carbocycles. The van der Waals surface area contributed by atoms with Crippen molar-refractivity contribution >= 4 is 17.3 Å². The van der Waals surface area contributed by atoms with Crippen molar-refractivity contribution in [1.29, 1.82) is 0 Å². The first-order chi connectivity index (χ1) is 17.9. The van der Waals surface area contributed by atoms with Crippen molar-refractivity contribution in [3.05, 3.63) is 51.6 Å². The van der Waals surface area contributed by atoms with Crippen LogP contribution >= 0.6 is 0 Å². The molecule has 38 heavy (non-hydrogen) atoms. The van der Waals surface area contributed by atoms with Gasteiger partial charge in [0.05, 0.1) is 42.1 Å². The number of fused-ring (bicyclic) bond motifs is 3. The third kappa shape index (κ3) is 3.81. The number of rotatable bonds is 4. The minimum atomic E-state index is -2.00. The fraction of sp³-hybridized carbons (Fsp3) is 0.444. The molecule has 1 fully saturated rings. The van der Waals surface area contributed by atoms with Crippen molar-refractivity contribution in [3.8, 4) is 17.2 Å². The lowest BCUT2D eigenvalue weighted by Gasteiger charge is -2.42. The molecule has 0 aromatic heterocycles. The molecule has 0 radical (unpaired) electrons. The fourth-order valence-electron chi connectivity index (χ4n) is 5.66. The van der Waals surface area contributed by atoms with E-state index in [0.29, 0.717) is 0 Å². The smallest absolute Gasteiger partial charge is 0.202 e. The van der Waals surface area contributed by atoms with Gasteiger partial charge in [0.1, 0.15) is 22.8 Å². The SMILES string of the molecule is COc1cccc2c1C(=O)c1c(O)c3c(c(O)c1C2=O)CC(O)(C(C)=O)CC3OC1C[C@@H](N)[C@@H](O)[C@@H](C)O1. The zero-order valence-corrected chi connectivity index (χ0v) is 21.1. The van der Waals surface area contributed by atoms with Crippen LogP contribution in [0.1, 0.15) is 75.8 Å². The predicted molar refractivity (Wildman–Crippen MR) is 130 cm³/mol. The number of methoxy groups -OCH3 is 1. The van der Waals surface area contributed by atoms with Gasteiger partial charge in [0.15, 0.2) is 17.9 Å². The zero-order chi connectivity index (χ0) is 27.7. The maximum absolute atomic E-state index is 13.6. The standard InChI is InChI=1S/C27H29NO10/c1-10-22(30)14(28)7-17(37-10)38-16-9-27(35,11(2)29)8-13-19(16)26(34)21-20(24(13)32)23(31)12-5-4-6-15(36-3)18(12)25(21)33/h4-6,10,14,16-17,22,30,32,34-35H,7-9,28H2,1-3H3/t10-,14-,16?,17?,22+,27?/m1/s1. The van der Waals surface area contributed by atoms with Crippen LogP contribution in [0.15, 0.2) is 18.2 Å². The zero-order valence-electron chi connectivity index (χ0n) is 21.1. The maximum Gasteiger partial charge on any atom is 0.202 e. The van der Waals surface area contributed by atoms with E-state index in [4.69, 9.17) is 19.9 Å². The number of carbonyl (C=O) groups excluding carboxylic acids is 3. The number of phenolic OH excluding ortho intramolecular Hbond substituents is 2. The first-order valence-electron chi connectivity index (χ1n) is 12.2. The molecule has 2 aromatic carbocycles. The lowest BCUT2D eigenvalue weighted by Crippen LogP contribution is -2.52. The average Bonchev–Trinajstić information content (AvgIpc) is 2.87. The van der Waals surface area contributed by atoms with Gasteiger partial charge in [-0.1, -0.05) is 12.1 Å². The van der Waals surface area contributed by atoms with Crippen LogP contribution in [-0.4, -0.2) is 75.0 Å². The van der Waals surface area contributed by atoms with Crippen molar-refractivity contribution in [2.75, 3.05) is 7.11 Å². The van der Waals surface area contributed by atoms with Crippen molar-refractivity contribution in [2.24, 2.45) is 5.73 Å². The number of aromatic hydroxyl groups is 2. The first-order valence-corrected chi connectivity index (χ1v) is 12.2. The number of hydrogen-bond donors (Lipinski definition) is 5. The van der Waals surface area contributed by atoms with Crippen molar-refractivity contribution in [3.63, 3.8) is 0 Å². The number of phenols is 2. The van der Waals surface area contributed by atoms with Crippen molar-refractivity contribution in [2.45, 2.75) is 69.4 Å². The topological polar surface area (TPSA) is 186 Å². The highest BCUT2D eigenvalue weighted by atomic mass is 16.7. The van der Waals surface area contributed by atoms with Gasteiger partial charge in [-0.25, -0.2) is 0 Å². The second kappa shape index (κ2) is 9.14. The molecule has 6 atom stereocenters. The number of nitrogens with two attached hydrogens (primary N) is 1. The van der Waals surface area contributed by atoms with E-state index in [1.54, 1.807) is 6.92 Å². The van der Waals surface area contributed by atoms with Crippen molar-refractivity contribution < 1.29 is 49.0 Å². The maximum atomic E-state index is 13.6. The highest BCUT2D eigenvalue weighted by Crippen LogP contribution is 2.52. The van der Waals surface area contributed by atoms with Crippen LogP contribution in [0.25, 0.3) is 0 Å². The molecule has 1 aliphatic heterocycles. The average molecular weight is 528 g/mol. The molecule has 5 rings (SSSR count). The molecular formula is C27H29NO10. The van der Waals surface area contributed by atoms with Gasteiger partial charge in [-0.2, -0.15) is 0 Å². The van der Waals surface area contributed by atoms with Crippen LogP contribution < -0.4 is 10.5 Å². The summed E-state index contributed by atoms with van der Waals surface area (Å²) in [7, 11) is 1.34. The van der Waals surface area contributed by atoms with Crippen LogP contribution in [0.2, 0.25) is 0 Å². The highest BCUT2D eigenvalue weighted by Gasteiger charge is 2.49. The summed E-state index contributed by atoms with van der Waals surface area (Å²) in [5.41, 5.74) is 2.97. The van der Waals surface area contributed by atoms with Crippen LogP contribution in [0.5, 0.6) is 17.2 Å². The summed E-state index contributed by atoms with van der Waals surface area (Å²) in [6.07, 6.45) is -4.53. The van der Waals surface area contributed by atoms with Gasteiger partial charge in [0.2, 0.25) is 5.78 Å². The van der Waals surface area contributed by atoms with Crippen LogP contribution in [0.4, 0.5) is 0 Å². The number of aliphatic hydroxyl groups is 2. The summed E-state index contributed by atoms with van der Waals surface area (Å²) in [4.78, 5) is 39.6. The summed E-state index contributed by atoms with van der Waals surface area (Å²) < 4.78 is 17.1. The molecule has 1 heterocycles. The molecule has 3 unspecified atom stereocenters. The number of ether oxygens (including phenoxy) is 3. The lowest BCUT2D eigenvalue weighted by atomic mass is 9.72. The Balaban J connectivity index is 1.68. The van der Waals surface area contributed by atoms with E-state index in [0.717, 1.165) is 0 Å². The van der Waals surface area contributed by atoms with Crippen LogP contribution in [-0.2, 0) is 20.7 Å². The molecule has 0 bridgehead atoms. The van der Waals surface area contributed by atoms with E-state index in [2.05, 4.69) is 0 Å². The second-order valence-corrected chi connectivity index (χ2v) is 10.1. The predicted octanol–water partition coefficient (Wildman–Crippen LogP) is 1.03. The number of aliphatic hydroxyl groups excluding tert-OH is 1. The van der Waals surface area contributed by atoms with Gasteiger partial charge in [0.25, 0.3) is 0 Å². The second-order valence-electron chi connectivity index (χ2n) is 10.1. The Morgan fingerprint density at radius 3 is 2.45 bits per heavy atom. The Labute approximate surface area is 217 Å².